The lowest BCUT2D eigenvalue weighted by Gasteiger charge is -2.08. The molecule has 0 aliphatic heterocycles. The largest absolute Gasteiger partial charge is 0.384 e. The zero-order valence-electron chi connectivity index (χ0n) is 10.4. The van der Waals surface area contributed by atoms with E-state index in [1.165, 1.54) is 0 Å². The first-order chi connectivity index (χ1) is 8.67. The number of nitrogens with zero attached hydrogens (tertiary/aromatic N) is 1. The highest BCUT2D eigenvalue weighted by Crippen LogP contribution is 2.06. The highest BCUT2D eigenvalue weighted by atomic mass is 79.9. The van der Waals surface area contributed by atoms with Crippen molar-refractivity contribution in [1.29, 1.82) is 0 Å². The van der Waals surface area contributed by atoms with E-state index in [9.17, 15) is 4.79 Å². The van der Waals surface area contributed by atoms with Gasteiger partial charge in [-0.05, 0) is 6.42 Å². The molecule has 0 aliphatic carbocycles. The van der Waals surface area contributed by atoms with Gasteiger partial charge in [0, 0.05) is 31.7 Å². The van der Waals surface area contributed by atoms with E-state index in [1.54, 1.807) is 20.3 Å². The van der Waals surface area contributed by atoms with Crippen molar-refractivity contribution in [2.24, 2.45) is 0 Å². The third-order valence-electron chi connectivity index (χ3n) is 2.17. The van der Waals surface area contributed by atoms with E-state index in [2.05, 4.69) is 26.4 Å². The molecule has 1 amide bonds. The number of alkyl halides is 1. The summed E-state index contributed by atoms with van der Waals surface area (Å²) in [6.45, 7) is 1.46. The molecular formula is C11H17BrN2O4. The van der Waals surface area contributed by atoms with Gasteiger partial charge < -0.3 is 19.3 Å². The summed E-state index contributed by atoms with van der Waals surface area (Å²) in [7, 11) is 3.19. The van der Waals surface area contributed by atoms with Gasteiger partial charge in [0.1, 0.15) is 6.61 Å². The summed E-state index contributed by atoms with van der Waals surface area (Å²) in [6.07, 6.45) is 0.780. The fourth-order valence-corrected chi connectivity index (χ4v) is 1.82. The number of hydrogen-bond acceptors (Lipinski definition) is 5. The third-order valence-corrected chi connectivity index (χ3v) is 2.89. The van der Waals surface area contributed by atoms with Crippen LogP contribution in [0.1, 0.15) is 22.7 Å². The number of amides is 1. The number of hydrogen-bond donors (Lipinski definition) is 1. The van der Waals surface area contributed by atoms with Crippen LogP contribution in [0, 0.1) is 0 Å². The van der Waals surface area contributed by atoms with Crippen LogP contribution in [0.15, 0.2) is 10.6 Å². The van der Waals surface area contributed by atoms with Crippen molar-refractivity contribution in [2.75, 3.05) is 27.4 Å². The SMILES string of the molecule is COCc1cc(C(=O)NCCC(Br)COC)no1. The molecule has 1 rings (SSSR count). The molecule has 0 saturated carbocycles. The van der Waals surface area contributed by atoms with Gasteiger partial charge in [0.05, 0.1) is 6.61 Å². The smallest absolute Gasteiger partial charge is 0.273 e. The Hall–Kier alpha value is -0.920. The minimum atomic E-state index is -0.252. The van der Waals surface area contributed by atoms with Crippen LogP contribution < -0.4 is 5.32 Å². The molecule has 0 bridgehead atoms. The molecule has 1 aromatic rings. The molecule has 1 heterocycles. The third kappa shape index (κ3) is 5.16. The van der Waals surface area contributed by atoms with Gasteiger partial charge in [-0.25, -0.2) is 0 Å². The van der Waals surface area contributed by atoms with Crippen molar-refractivity contribution in [3.05, 3.63) is 17.5 Å². The predicted molar refractivity (Wildman–Crippen MR) is 68.8 cm³/mol. The maximum atomic E-state index is 11.7. The van der Waals surface area contributed by atoms with Crippen LogP contribution in [0.2, 0.25) is 0 Å². The monoisotopic (exact) mass is 320 g/mol. The highest BCUT2D eigenvalue weighted by molar-refractivity contribution is 9.09. The number of nitrogens with one attached hydrogen (secondary N) is 1. The second-order valence-electron chi connectivity index (χ2n) is 3.71. The summed E-state index contributed by atoms with van der Waals surface area (Å²) in [5.41, 5.74) is 0.264. The van der Waals surface area contributed by atoms with Gasteiger partial charge in [0.25, 0.3) is 5.91 Å². The van der Waals surface area contributed by atoms with Crippen molar-refractivity contribution in [1.82, 2.24) is 10.5 Å². The number of rotatable bonds is 8. The topological polar surface area (TPSA) is 73.6 Å². The first-order valence-electron chi connectivity index (χ1n) is 5.53. The summed E-state index contributed by atoms with van der Waals surface area (Å²) < 4.78 is 14.8. The first kappa shape index (κ1) is 15.1. The Bertz CT molecular complexity index is 370. The minimum absolute atomic E-state index is 0.226. The van der Waals surface area contributed by atoms with Gasteiger partial charge in [-0.15, -0.1) is 0 Å². The molecule has 18 heavy (non-hydrogen) atoms. The Morgan fingerprint density at radius 3 is 3.00 bits per heavy atom. The molecule has 0 aliphatic rings. The van der Waals surface area contributed by atoms with Crippen molar-refractivity contribution in [3.8, 4) is 0 Å². The Morgan fingerprint density at radius 2 is 2.33 bits per heavy atom. The lowest BCUT2D eigenvalue weighted by atomic mass is 10.3. The van der Waals surface area contributed by atoms with Gasteiger partial charge in [-0.1, -0.05) is 21.1 Å². The summed E-state index contributed by atoms with van der Waals surface area (Å²) >= 11 is 3.44. The van der Waals surface area contributed by atoms with Crippen molar-refractivity contribution in [2.45, 2.75) is 17.9 Å². The van der Waals surface area contributed by atoms with E-state index < -0.39 is 0 Å². The van der Waals surface area contributed by atoms with Gasteiger partial charge in [0.15, 0.2) is 11.5 Å². The molecule has 0 radical (unpaired) electrons. The van der Waals surface area contributed by atoms with Crippen LogP contribution in [0.3, 0.4) is 0 Å². The molecule has 1 unspecified atom stereocenters. The lowest BCUT2D eigenvalue weighted by Crippen LogP contribution is -2.27. The van der Waals surface area contributed by atoms with Gasteiger partial charge in [-0.3, -0.25) is 4.79 Å². The summed E-state index contributed by atoms with van der Waals surface area (Å²) in [5, 5.41) is 6.42. The Kier molecular flexibility index (Phi) is 6.92. The molecule has 7 heteroatoms. The zero-order valence-corrected chi connectivity index (χ0v) is 12.0. The van der Waals surface area contributed by atoms with Gasteiger partial charge in [-0.2, -0.15) is 0 Å². The molecule has 0 spiro atoms. The molecule has 6 nitrogen and oxygen atoms in total. The molecule has 1 N–H and O–H groups in total. The van der Waals surface area contributed by atoms with E-state index in [4.69, 9.17) is 14.0 Å². The van der Waals surface area contributed by atoms with Gasteiger partial charge >= 0.3 is 0 Å². The number of halogens is 1. The maximum absolute atomic E-state index is 11.7. The minimum Gasteiger partial charge on any atom is -0.384 e. The van der Waals surface area contributed by atoms with Crippen molar-refractivity contribution in [3.63, 3.8) is 0 Å². The quantitative estimate of drug-likeness (QED) is 0.732. The van der Waals surface area contributed by atoms with Crippen LogP contribution in [0.25, 0.3) is 0 Å². The Labute approximate surface area is 114 Å². The van der Waals surface area contributed by atoms with E-state index in [-0.39, 0.29) is 16.4 Å². The normalized spacial score (nSPS) is 12.4. The Balaban J connectivity index is 2.31. The predicted octanol–water partition coefficient (Wildman–Crippen LogP) is 1.35. The van der Waals surface area contributed by atoms with E-state index in [1.807, 2.05) is 0 Å². The number of carbonyl (C=O) groups excluding carboxylic acids is 1. The molecule has 0 aromatic carbocycles. The van der Waals surface area contributed by atoms with Crippen molar-refractivity contribution < 1.29 is 18.8 Å². The standard InChI is InChI=1S/C11H17BrN2O4/c1-16-6-8(12)3-4-13-11(15)10-5-9(7-17-2)18-14-10/h5,8H,3-4,6-7H2,1-2H3,(H,13,15). The fourth-order valence-electron chi connectivity index (χ4n) is 1.33. The molecular weight excluding hydrogens is 304 g/mol. The number of methoxy groups -OCH3 is 2. The lowest BCUT2D eigenvalue weighted by molar-refractivity contribution is 0.0942. The number of aromatic nitrogens is 1. The van der Waals surface area contributed by atoms with Crippen LogP contribution in [-0.4, -0.2) is 43.3 Å². The Morgan fingerprint density at radius 1 is 1.56 bits per heavy atom. The van der Waals surface area contributed by atoms with E-state index in [0.29, 0.717) is 25.5 Å². The van der Waals surface area contributed by atoms with Gasteiger partial charge in [0.2, 0.25) is 0 Å². The van der Waals surface area contributed by atoms with Crippen LogP contribution >= 0.6 is 15.9 Å². The second-order valence-corrected chi connectivity index (χ2v) is 5.00. The van der Waals surface area contributed by atoms with Crippen LogP contribution in [0.5, 0.6) is 0 Å². The first-order valence-corrected chi connectivity index (χ1v) is 6.44. The average Bonchev–Trinajstić information content (AvgIpc) is 2.78. The fraction of sp³-hybridized carbons (Fsp3) is 0.636. The molecule has 0 fully saturated rings. The highest BCUT2D eigenvalue weighted by Gasteiger charge is 2.12. The molecule has 0 saturated heterocycles. The van der Waals surface area contributed by atoms with Crippen LogP contribution in [-0.2, 0) is 16.1 Å². The molecule has 1 atom stereocenters. The summed E-state index contributed by atoms with van der Waals surface area (Å²) in [5.74, 6) is 0.277. The summed E-state index contributed by atoms with van der Waals surface area (Å²) in [6, 6.07) is 1.57. The van der Waals surface area contributed by atoms with E-state index in [0.717, 1.165) is 6.42 Å². The zero-order chi connectivity index (χ0) is 13.4. The molecule has 1 aromatic heterocycles. The summed E-state index contributed by atoms with van der Waals surface area (Å²) in [4.78, 5) is 11.9. The van der Waals surface area contributed by atoms with Crippen molar-refractivity contribution >= 4 is 21.8 Å². The van der Waals surface area contributed by atoms with Crippen LogP contribution in [0.4, 0.5) is 0 Å². The average molecular weight is 321 g/mol. The number of carbonyl (C=O) groups is 1. The molecule has 102 valence electrons. The van der Waals surface area contributed by atoms with E-state index >= 15 is 0 Å². The second kappa shape index (κ2) is 8.23. The maximum Gasteiger partial charge on any atom is 0.273 e. The number of ether oxygens (including phenoxy) is 2.